The second-order valence-electron chi connectivity index (χ2n) is 4.85. The Kier molecular flexibility index (Phi) is 5.19. The first-order valence-corrected chi connectivity index (χ1v) is 7.15. The molecule has 0 amide bonds. The second kappa shape index (κ2) is 7.11. The lowest BCUT2D eigenvalue weighted by Crippen LogP contribution is -1.75. The summed E-state index contributed by atoms with van der Waals surface area (Å²) in [4.78, 5) is 5.33. The van der Waals surface area contributed by atoms with Crippen molar-refractivity contribution >= 4 is 24.5 Å². The third kappa shape index (κ3) is 4.39. The fourth-order valence-electron chi connectivity index (χ4n) is 1.88. The maximum atomic E-state index is 4.44. The summed E-state index contributed by atoms with van der Waals surface area (Å²) in [5, 5.41) is 0. The molecule has 1 aliphatic rings. The van der Waals surface area contributed by atoms with Gasteiger partial charge in [-0.1, -0.05) is 42.0 Å². The van der Waals surface area contributed by atoms with Gasteiger partial charge in [-0.25, -0.2) is 0 Å². The topological polar surface area (TPSA) is 12.4 Å². The van der Waals surface area contributed by atoms with Gasteiger partial charge in [-0.05, 0) is 49.6 Å². The zero-order chi connectivity index (χ0) is 14.4. The van der Waals surface area contributed by atoms with Gasteiger partial charge in [0.05, 0.1) is 5.69 Å². The highest BCUT2D eigenvalue weighted by molar-refractivity contribution is 7.80. The van der Waals surface area contributed by atoms with E-state index >= 15 is 0 Å². The van der Waals surface area contributed by atoms with Crippen LogP contribution in [0.5, 0.6) is 0 Å². The zero-order valence-electron chi connectivity index (χ0n) is 11.9. The summed E-state index contributed by atoms with van der Waals surface area (Å²) in [5.74, 6) is 0. The van der Waals surface area contributed by atoms with E-state index < -0.39 is 0 Å². The first-order valence-electron chi connectivity index (χ1n) is 6.70. The van der Waals surface area contributed by atoms with E-state index in [0.29, 0.717) is 0 Å². The number of benzene rings is 1. The number of hydrogen-bond acceptors (Lipinski definition) is 2. The fourth-order valence-corrected chi connectivity index (χ4v) is 2.08. The number of nitrogens with zero attached hydrogens (tertiary/aromatic N) is 1. The number of allylic oxidation sites excluding steroid dienone is 8. The third-order valence-electron chi connectivity index (χ3n) is 3.05. The first kappa shape index (κ1) is 14.6. The van der Waals surface area contributed by atoms with Crippen LogP contribution < -0.4 is 0 Å². The van der Waals surface area contributed by atoms with Crippen LogP contribution in [0.1, 0.15) is 18.9 Å². The highest BCUT2D eigenvalue weighted by atomic mass is 32.1. The van der Waals surface area contributed by atoms with Gasteiger partial charge < -0.3 is 0 Å². The van der Waals surface area contributed by atoms with E-state index in [-0.39, 0.29) is 0 Å². The normalized spacial score (nSPS) is 15.6. The molecule has 20 heavy (non-hydrogen) atoms. The molecule has 2 rings (SSSR count). The number of aryl methyl sites for hydroxylation is 1. The molecular formula is C18H19NS. The molecule has 0 N–H and O–H groups in total. The van der Waals surface area contributed by atoms with Crippen molar-refractivity contribution in [1.82, 2.24) is 0 Å². The Hall–Kier alpha value is -1.80. The molecule has 0 heterocycles. The molecule has 0 saturated carbocycles. The molecule has 1 aromatic rings. The van der Waals surface area contributed by atoms with Gasteiger partial charge >= 0.3 is 0 Å². The summed E-state index contributed by atoms with van der Waals surface area (Å²) < 4.78 is 0. The third-order valence-corrected chi connectivity index (χ3v) is 3.43. The maximum Gasteiger partial charge on any atom is 0.0765 e. The monoisotopic (exact) mass is 281 g/mol. The molecule has 0 bridgehead atoms. The van der Waals surface area contributed by atoms with Crippen LogP contribution in [-0.4, -0.2) is 6.21 Å². The van der Waals surface area contributed by atoms with E-state index in [1.54, 1.807) is 0 Å². The van der Waals surface area contributed by atoms with E-state index in [1.165, 1.54) is 16.7 Å². The van der Waals surface area contributed by atoms with Crippen molar-refractivity contribution in [1.29, 1.82) is 0 Å². The van der Waals surface area contributed by atoms with Crippen molar-refractivity contribution in [2.24, 2.45) is 4.99 Å². The van der Waals surface area contributed by atoms with Crippen LogP contribution in [0.2, 0.25) is 0 Å². The smallest absolute Gasteiger partial charge is 0.0765 e. The molecule has 0 atom stereocenters. The maximum absolute atomic E-state index is 4.44. The van der Waals surface area contributed by atoms with Crippen LogP contribution in [0.15, 0.2) is 75.7 Å². The Morgan fingerprint density at radius 3 is 2.85 bits per heavy atom. The number of thiol groups is 1. The van der Waals surface area contributed by atoms with Crippen LogP contribution in [0.25, 0.3) is 0 Å². The van der Waals surface area contributed by atoms with Gasteiger partial charge in [0.25, 0.3) is 0 Å². The van der Waals surface area contributed by atoms with Crippen molar-refractivity contribution in [3.05, 3.63) is 71.4 Å². The second-order valence-corrected chi connectivity index (χ2v) is 5.33. The minimum absolute atomic E-state index is 0.897. The van der Waals surface area contributed by atoms with E-state index in [4.69, 9.17) is 0 Å². The summed E-state index contributed by atoms with van der Waals surface area (Å²) in [6.07, 6.45) is 15.5. The van der Waals surface area contributed by atoms with Gasteiger partial charge in [-0.3, -0.25) is 4.99 Å². The van der Waals surface area contributed by atoms with Crippen LogP contribution in [0.4, 0.5) is 5.69 Å². The molecule has 102 valence electrons. The quantitative estimate of drug-likeness (QED) is 0.564. The molecule has 1 aliphatic carbocycles. The molecular weight excluding hydrogens is 262 g/mol. The van der Waals surface area contributed by atoms with Gasteiger partial charge in [-0.2, -0.15) is 0 Å². The summed E-state index contributed by atoms with van der Waals surface area (Å²) >= 11 is 4.41. The molecule has 0 radical (unpaired) electrons. The minimum atomic E-state index is 0.897. The van der Waals surface area contributed by atoms with Crippen molar-refractivity contribution < 1.29 is 0 Å². The predicted molar refractivity (Wildman–Crippen MR) is 91.3 cm³/mol. The van der Waals surface area contributed by atoms with Gasteiger partial charge in [0.1, 0.15) is 0 Å². The fraction of sp³-hybridized carbons (Fsp3) is 0.167. The molecule has 0 spiro atoms. The summed E-state index contributed by atoms with van der Waals surface area (Å²) in [7, 11) is 0. The van der Waals surface area contributed by atoms with Gasteiger partial charge in [-0.15, -0.1) is 12.6 Å². The van der Waals surface area contributed by atoms with Crippen LogP contribution in [0.3, 0.4) is 0 Å². The van der Waals surface area contributed by atoms with Gasteiger partial charge in [0.15, 0.2) is 0 Å². The average molecular weight is 281 g/mol. The van der Waals surface area contributed by atoms with E-state index in [1.807, 2.05) is 30.5 Å². The van der Waals surface area contributed by atoms with Crippen LogP contribution in [-0.2, 0) is 0 Å². The van der Waals surface area contributed by atoms with Crippen molar-refractivity contribution in [2.75, 3.05) is 0 Å². The highest BCUT2D eigenvalue weighted by Crippen LogP contribution is 2.23. The molecule has 0 unspecified atom stereocenters. The number of hydrogen-bond donors (Lipinski definition) is 1. The minimum Gasteiger partial charge on any atom is -0.256 e. The van der Waals surface area contributed by atoms with E-state index in [9.17, 15) is 0 Å². The summed E-state index contributed by atoms with van der Waals surface area (Å²) in [6, 6.07) is 6.04. The first-order chi connectivity index (χ1) is 9.65. The van der Waals surface area contributed by atoms with E-state index in [2.05, 4.69) is 61.8 Å². The van der Waals surface area contributed by atoms with Crippen LogP contribution >= 0.6 is 12.6 Å². The Bertz CT molecular complexity index is 631. The Labute approximate surface area is 126 Å². The molecule has 0 fully saturated rings. The molecule has 0 aromatic heterocycles. The van der Waals surface area contributed by atoms with Crippen molar-refractivity contribution in [3.8, 4) is 0 Å². The largest absolute Gasteiger partial charge is 0.256 e. The highest BCUT2D eigenvalue weighted by Gasteiger charge is 1.95. The molecule has 1 nitrogen and oxygen atoms in total. The average Bonchev–Trinajstić information content (AvgIpc) is 2.63. The summed E-state index contributed by atoms with van der Waals surface area (Å²) in [6.45, 7) is 4.17. The molecule has 0 saturated heterocycles. The Balaban J connectivity index is 2.03. The summed E-state index contributed by atoms with van der Waals surface area (Å²) in [5.41, 5.74) is 4.61. The number of rotatable bonds is 3. The standard InChI is InChI=1S/C18H19NS/c1-14-5-3-6-16(10-8-14)7-4-12-19-17-13-15(2)9-11-18(17)20/h4-13,20H,3H2,1-2H3/b7-4+,19-12?. The number of aliphatic imine (C=N–C) groups is 1. The van der Waals surface area contributed by atoms with Crippen molar-refractivity contribution in [3.63, 3.8) is 0 Å². The van der Waals surface area contributed by atoms with Gasteiger partial charge in [0, 0.05) is 11.1 Å². The van der Waals surface area contributed by atoms with Crippen molar-refractivity contribution in [2.45, 2.75) is 25.2 Å². The SMILES string of the molecule is CC1=CCC=C(/C=C/C=Nc2cc(C)ccc2S)C=C1. The predicted octanol–water partition coefficient (Wildman–Crippen LogP) is 5.37. The lowest BCUT2D eigenvalue weighted by atomic mass is 10.2. The Morgan fingerprint density at radius 1 is 1.15 bits per heavy atom. The zero-order valence-corrected chi connectivity index (χ0v) is 12.8. The molecule has 2 heteroatoms. The Morgan fingerprint density at radius 2 is 2.00 bits per heavy atom. The van der Waals surface area contributed by atoms with Gasteiger partial charge in [0.2, 0.25) is 0 Å². The lowest BCUT2D eigenvalue weighted by molar-refractivity contribution is 1.34. The van der Waals surface area contributed by atoms with Crippen LogP contribution in [0, 0.1) is 6.92 Å². The lowest BCUT2D eigenvalue weighted by Gasteiger charge is -1.99. The molecule has 1 aromatic carbocycles. The molecule has 0 aliphatic heterocycles. The van der Waals surface area contributed by atoms with E-state index in [0.717, 1.165) is 17.0 Å².